The van der Waals surface area contributed by atoms with Crippen LogP contribution >= 0.6 is 11.8 Å². The molecular formula is C15H26N2S. The third-order valence-corrected chi connectivity index (χ3v) is 4.40. The van der Waals surface area contributed by atoms with E-state index in [0.717, 1.165) is 11.6 Å². The Balaban J connectivity index is 2.73. The highest BCUT2D eigenvalue weighted by Crippen LogP contribution is 2.28. The second-order valence-corrected chi connectivity index (χ2v) is 7.50. The van der Waals surface area contributed by atoms with Crippen molar-refractivity contribution in [3.63, 3.8) is 0 Å². The first-order valence-electron chi connectivity index (χ1n) is 6.65. The van der Waals surface area contributed by atoms with Crippen LogP contribution in [0.3, 0.4) is 0 Å². The fourth-order valence-electron chi connectivity index (χ4n) is 1.34. The zero-order valence-corrected chi connectivity index (χ0v) is 13.3. The van der Waals surface area contributed by atoms with Crippen molar-refractivity contribution in [2.75, 3.05) is 0 Å². The molecule has 0 radical (unpaired) electrons. The number of thioether (sulfide) groups is 1. The molecule has 0 fully saturated rings. The number of aromatic nitrogens is 1. The number of nitrogens with zero attached hydrogens (tertiary/aromatic N) is 1. The van der Waals surface area contributed by atoms with Crippen molar-refractivity contribution in [1.29, 1.82) is 0 Å². The predicted octanol–water partition coefficient (Wildman–Crippen LogP) is 4.11. The van der Waals surface area contributed by atoms with E-state index in [1.54, 1.807) is 0 Å². The van der Waals surface area contributed by atoms with Crippen LogP contribution in [0.4, 0.5) is 0 Å². The topological polar surface area (TPSA) is 24.9 Å². The van der Waals surface area contributed by atoms with Gasteiger partial charge in [0.15, 0.2) is 0 Å². The largest absolute Gasteiger partial charge is 0.308 e. The van der Waals surface area contributed by atoms with Crippen molar-refractivity contribution in [2.45, 2.75) is 63.9 Å². The standard InChI is InChI=1S/C15H26N2S/c1-11(2)12(3)18-14-13(8-7-9-16-14)10-17-15(4,5)6/h7-9,11-12,17H,10H2,1-6H3. The summed E-state index contributed by atoms with van der Waals surface area (Å²) in [5, 5.41) is 5.28. The summed E-state index contributed by atoms with van der Waals surface area (Å²) < 4.78 is 0. The molecule has 3 heteroatoms. The Morgan fingerprint density at radius 2 is 1.94 bits per heavy atom. The Labute approximate surface area is 116 Å². The third kappa shape index (κ3) is 5.40. The molecule has 18 heavy (non-hydrogen) atoms. The van der Waals surface area contributed by atoms with Gasteiger partial charge < -0.3 is 5.32 Å². The number of hydrogen-bond donors (Lipinski definition) is 1. The molecule has 102 valence electrons. The molecule has 1 unspecified atom stereocenters. The number of rotatable bonds is 5. The van der Waals surface area contributed by atoms with Crippen molar-refractivity contribution in [2.24, 2.45) is 5.92 Å². The Morgan fingerprint density at radius 3 is 2.50 bits per heavy atom. The average Bonchev–Trinajstić information content (AvgIpc) is 2.26. The van der Waals surface area contributed by atoms with Crippen LogP contribution in [0.15, 0.2) is 23.4 Å². The highest BCUT2D eigenvalue weighted by Gasteiger charge is 2.14. The van der Waals surface area contributed by atoms with Crippen LogP contribution in [0.2, 0.25) is 0 Å². The van der Waals surface area contributed by atoms with Crippen LogP contribution in [-0.2, 0) is 6.54 Å². The lowest BCUT2D eigenvalue weighted by Gasteiger charge is -2.22. The van der Waals surface area contributed by atoms with Gasteiger partial charge in [0.1, 0.15) is 5.03 Å². The van der Waals surface area contributed by atoms with Gasteiger partial charge in [-0.3, -0.25) is 0 Å². The van der Waals surface area contributed by atoms with Gasteiger partial charge in [-0.25, -0.2) is 4.98 Å². The SMILES string of the molecule is CC(C)C(C)Sc1ncccc1CNC(C)(C)C. The van der Waals surface area contributed by atoms with Gasteiger partial charge in [-0.05, 0) is 38.3 Å². The van der Waals surface area contributed by atoms with Crippen LogP contribution in [0.5, 0.6) is 0 Å². The fraction of sp³-hybridized carbons (Fsp3) is 0.667. The molecule has 0 bridgehead atoms. The summed E-state index contributed by atoms with van der Waals surface area (Å²) in [6, 6.07) is 4.19. The van der Waals surface area contributed by atoms with Crippen molar-refractivity contribution in [1.82, 2.24) is 10.3 Å². The maximum atomic E-state index is 4.52. The summed E-state index contributed by atoms with van der Waals surface area (Å²) in [5.41, 5.74) is 1.44. The van der Waals surface area contributed by atoms with Gasteiger partial charge in [0.2, 0.25) is 0 Å². The lowest BCUT2D eigenvalue weighted by Crippen LogP contribution is -2.35. The van der Waals surface area contributed by atoms with Crippen molar-refractivity contribution < 1.29 is 0 Å². The maximum Gasteiger partial charge on any atom is 0.101 e. The molecule has 0 amide bonds. The quantitative estimate of drug-likeness (QED) is 0.812. The molecule has 1 N–H and O–H groups in total. The Morgan fingerprint density at radius 1 is 1.28 bits per heavy atom. The molecule has 0 spiro atoms. The van der Waals surface area contributed by atoms with Gasteiger partial charge in [-0.1, -0.05) is 26.8 Å². The highest BCUT2D eigenvalue weighted by molar-refractivity contribution is 7.99. The normalized spacial score (nSPS) is 13.9. The Bertz CT molecular complexity index is 369. The Hall–Kier alpha value is -0.540. The number of pyridine rings is 1. The molecule has 1 aromatic rings. The summed E-state index contributed by atoms with van der Waals surface area (Å²) in [6.45, 7) is 14.2. The zero-order valence-electron chi connectivity index (χ0n) is 12.4. The van der Waals surface area contributed by atoms with E-state index in [-0.39, 0.29) is 5.54 Å². The molecule has 0 saturated carbocycles. The summed E-state index contributed by atoms with van der Waals surface area (Å²) in [4.78, 5) is 4.52. The van der Waals surface area contributed by atoms with Crippen LogP contribution in [0.25, 0.3) is 0 Å². The fourth-order valence-corrected chi connectivity index (χ4v) is 2.37. The lowest BCUT2D eigenvalue weighted by molar-refractivity contribution is 0.422. The molecule has 2 nitrogen and oxygen atoms in total. The van der Waals surface area contributed by atoms with Gasteiger partial charge in [0.25, 0.3) is 0 Å². The smallest absolute Gasteiger partial charge is 0.101 e. The second-order valence-electron chi connectivity index (χ2n) is 6.14. The molecular weight excluding hydrogens is 240 g/mol. The molecule has 0 saturated heterocycles. The Kier molecular flexibility index (Phi) is 5.67. The first-order valence-corrected chi connectivity index (χ1v) is 7.53. The van der Waals surface area contributed by atoms with E-state index >= 15 is 0 Å². The van der Waals surface area contributed by atoms with E-state index in [9.17, 15) is 0 Å². The van der Waals surface area contributed by atoms with E-state index in [1.807, 2.05) is 24.0 Å². The summed E-state index contributed by atoms with van der Waals surface area (Å²) >= 11 is 1.88. The van der Waals surface area contributed by atoms with E-state index in [4.69, 9.17) is 0 Å². The molecule has 0 aliphatic heterocycles. The minimum Gasteiger partial charge on any atom is -0.308 e. The molecule has 1 rings (SSSR count). The molecule has 1 heterocycles. The third-order valence-electron chi connectivity index (χ3n) is 2.90. The van der Waals surface area contributed by atoms with Crippen molar-refractivity contribution >= 4 is 11.8 Å². The van der Waals surface area contributed by atoms with Gasteiger partial charge in [0.05, 0.1) is 0 Å². The maximum absolute atomic E-state index is 4.52. The monoisotopic (exact) mass is 266 g/mol. The molecule has 0 aliphatic rings. The van der Waals surface area contributed by atoms with Crippen molar-refractivity contribution in [3.8, 4) is 0 Å². The van der Waals surface area contributed by atoms with E-state index in [0.29, 0.717) is 11.2 Å². The van der Waals surface area contributed by atoms with Crippen LogP contribution in [0, 0.1) is 5.92 Å². The molecule has 1 atom stereocenters. The first-order chi connectivity index (χ1) is 8.29. The van der Waals surface area contributed by atoms with Gasteiger partial charge in [0, 0.05) is 23.5 Å². The van der Waals surface area contributed by atoms with Crippen LogP contribution in [-0.4, -0.2) is 15.8 Å². The van der Waals surface area contributed by atoms with Crippen LogP contribution in [0.1, 0.15) is 47.1 Å². The van der Waals surface area contributed by atoms with E-state index < -0.39 is 0 Å². The van der Waals surface area contributed by atoms with Crippen molar-refractivity contribution in [3.05, 3.63) is 23.9 Å². The van der Waals surface area contributed by atoms with E-state index in [1.165, 1.54) is 5.56 Å². The predicted molar refractivity (Wildman–Crippen MR) is 81.0 cm³/mol. The second kappa shape index (κ2) is 6.58. The lowest BCUT2D eigenvalue weighted by atomic mass is 10.1. The van der Waals surface area contributed by atoms with E-state index in [2.05, 4.69) is 57.9 Å². The first kappa shape index (κ1) is 15.5. The minimum absolute atomic E-state index is 0.140. The molecule has 1 aromatic heterocycles. The number of nitrogens with one attached hydrogen (secondary N) is 1. The van der Waals surface area contributed by atoms with Gasteiger partial charge in [-0.2, -0.15) is 0 Å². The molecule has 0 aliphatic carbocycles. The van der Waals surface area contributed by atoms with Crippen LogP contribution < -0.4 is 5.32 Å². The average molecular weight is 266 g/mol. The minimum atomic E-state index is 0.140. The summed E-state index contributed by atoms with van der Waals surface area (Å²) in [6.07, 6.45) is 1.88. The summed E-state index contributed by atoms with van der Waals surface area (Å²) in [5.74, 6) is 0.667. The van der Waals surface area contributed by atoms with Gasteiger partial charge >= 0.3 is 0 Å². The number of hydrogen-bond acceptors (Lipinski definition) is 3. The van der Waals surface area contributed by atoms with Gasteiger partial charge in [-0.15, -0.1) is 11.8 Å². The highest BCUT2D eigenvalue weighted by atomic mass is 32.2. The summed E-state index contributed by atoms with van der Waals surface area (Å²) in [7, 11) is 0. The zero-order chi connectivity index (χ0) is 13.8. The molecule has 0 aromatic carbocycles.